The van der Waals surface area contributed by atoms with Crippen LogP contribution < -0.4 is 16.6 Å². The Bertz CT molecular complexity index is 581. The predicted molar refractivity (Wildman–Crippen MR) is 103 cm³/mol. The Morgan fingerprint density at radius 2 is 2.08 bits per heavy atom. The summed E-state index contributed by atoms with van der Waals surface area (Å²) in [6.07, 6.45) is 5.21. The number of nitrogens with two attached hydrogens (primary N) is 1. The second kappa shape index (κ2) is 10.00. The third-order valence-corrected chi connectivity index (χ3v) is 5.16. The minimum atomic E-state index is -0.409. The molecule has 5 nitrogen and oxygen atoms in total. The number of carbonyl (C=O) groups excluding carboxylic acids is 1. The summed E-state index contributed by atoms with van der Waals surface area (Å²) >= 11 is 0. The molecule has 1 amide bonds. The van der Waals surface area contributed by atoms with E-state index in [0.29, 0.717) is 6.04 Å². The van der Waals surface area contributed by atoms with Crippen molar-refractivity contribution in [1.82, 2.24) is 15.8 Å². The van der Waals surface area contributed by atoms with Gasteiger partial charge in [0.05, 0.1) is 6.04 Å². The standard InChI is InChI=1S/C20H33FN4O/c1-14(2)19(22)20(26)25(3)11-6-4-5-10-17-13-18(24-23-17)15-8-7-9-16(21)12-15/h7-9,12,14,17-19,23-24H,4-6,10-11,13,22H2,1-3H3/t17?,18?,19-/m0/s1. The minimum absolute atomic E-state index is 0.0274. The lowest BCUT2D eigenvalue weighted by Crippen LogP contribution is -2.45. The fraction of sp³-hybridized carbons (Fsp3) is 0.650. The Balaban J connectivity index is 1.61. The number of rotatable bonds is 9. The molecule has 0 saturated carbocycles. The molecule has 0 aliphatic carbocycles. The van der Waals surface area contributed by atoms with Crippen LogP contribution in [0.3, 0.4) is 0 Å². The molecule has 0 radical (unpaired) electrons. The van der Waals surface area contributed by atoms with E-state index in [1.165, 1.54) is 6.07 Å². The summed E-state index contributed by atoms with van der Waals surface area (Å²) in [7, 11) is 1.83. The average Bonchev–Trinajstić information content (AvgIpc) is 3.08. The van der Waals surface area contributed by atoms with Gasteiger partial charge in [-0.1, -0.05) is 38.8 Å². The number of halogens is 1. The molecule has 146 valence electrons. The van der Waals surface area contributed by atoms with Gasteiger partial charge in [-0.15, -0.1) is 0 Å². The maximum absolute atomic E-state index is 13.3. The maximum Gasteiger partial charge on any atom is 0.239 e. The molecule has 0 bridgehead atoms. The SMILES string of the molecule is CC(C)[C@H](N)C(=O)N(C)CCCCCC1CC(c2cccc(F)c2)NN1. The monoisotopic (exact) mass is 364 g/mol. The molecule has 1 saturated heterocycles. The molecule has 26 heavy (non-hydrogen) atoms. The third kappa shape index (κ3) is 6.04. The van der Waals surface area contributed by atoms with Crippen molar-refractivity contribution < 1.29 is 9.18 Å². The summed E-state index contributed by atoms with van der Waals surface area (Å²) in [6.45, 7) is 4.69. The van der Waals surface area contributed by atoms with Gasteiger partial charge >= 0.3 is 0 Å². The first-order valence-corrected chi connectivity index (χ1v) is 9.65. The van der Waals surface area contributed by atoms with Gasteiger partial charge in [0.1, 0.15) is 5.82 Å². The van der Waals surface area contributed by atoms with Crippen LogP contribution in [0.2, 0.25) is 0 Å². The number of benzene rings is 1. The zero-order valence-corrected chi connectivity index (χ0v) is 16.2. The number of carbonyl (C=O) groups is 1. The molecule has 1 aromatic rings. The predicted octanol–water partition coefficient (Wildman–Crippen LogP) is 2.74. The second-order valence-electron chi connectivity index (χ2n) is 7.71. The van der Waals surface area contributed by atoms with Crippen molar-refractivity contribution in [3.05, 3.63) is 35.6 Å². The first-order valence-electron chi connectivity index (χ1n) is 9.65. The topological polar surface area (TPSA) is 70.4 Å². The molecule has 2 rings (SSSR count). The molecular weight excluding hydrogens is 331 g/mol. The molecule has 0 aromatic heterocycles. The van der Waals surface area contributed by atoms with Crippen molar-refractivity contribution in [3.8, 4) is 0 Å². The van der Waals surface area contributed by atoms with E-state index < -0.39 is 6.04 Å². The summed E-state index contributed by atoms with van der Waals surface area (Å²) in [5, 5.41) is 0. The van der Waals surface area contributed by atoms with Crippen LogP contribution in [0.4, 0.5) is 4.39 Å². The van der Waals surface area contributed by atoms with Crippen molar-refractivity contribution in [1.29, 1.82) is 0 Å². The van der Waals surface area contributed by atoms with Crippen LogP contribution in [0.15, 0.2) is 24.3 Å². The first-order chi connectivity index (χ1) is 12.4. The minimum Gasteiger partial charge on any atom is -0.344 e. The number of hydrazine groups is 1. The van der Waals surface area contributed by atoms with E-state index in [1.54, 1.807) is 17.0 Å². The van der Waals surface area contributed by atoms with Crippen LogP contribution in [0, 0.1) is 11.7 Å². The number of nitrogens with one attached hydrogen (secondary N) is 2. The molecule has 0 spiro atoms. The quantitative estimate of drug-likeness (QED) is 0.589. The largest absolute Gasteiger partial charge is 0.344 e. The summed E-state index contributed by atoms with van der Waals surface area (Å²) in [6, 6.07) is 6.93. The van der Waals surface area contributed by atoms with Crippen molar-refractivity contribution in [2.75, 3.05) is 13.6 Å². The Morgan fingerprint density at radius 1 is 1.31 bits per heavy atom. The van der Waals surface area contributed by atoms with E-state index >= 15 is 0 Å². The second-order valence-corrected chi connectivity index (χ2v) is 7.71. The van der Waals surface area contributed by atoms with Crippen LogP contribution >= 0.6 is 0 Å². The summed E-state index contributed by atoms with van der Waals surface area (Å²) < 4.78 is 13.3. The van der Waals surface area contributed by atoms with Crippen molar-refractivity contribution >= 4 is 5.91 Å². The number of unbranched alkanes of at least 4 members (excludes halogenated alkanes) is 2. The molecule has 1 fully saturated rings. The van der Waals surface area contributed by atoms with Crippen LogP contribution in [0.5, 0.6) is 0 Å². The molecule has 1 aliphatic rings. The van der Waals surface area contributed by atoms with Gasteiger partial charge in [0, 0.05) is 25.7 Å². The van der Waals surface area contributed by atoms with Gasteiger partial charge in [-0.2, -0.15) is 0 Å². The molecule has 3 atom stereocenters. The zero-order valence-electron chi connectivity index (χ0n) is 16.2. The van der Waals surface area contributed by atoms with E-state index in [4.69, 9.17) is 5.73 Å². The van der Waals surface area contributed by atoms with Gasteiger partial charge in [0.25, 0.3) is 0 Å². The molecule has 6 heteroatoms. The van der Waals surface area contributed by atoms with Crippen molar-refractivity contribution in [2.24, 2.45) is 11.7 Å². The number of amides is 1. The van der Waals surface area contributed by atoms with Crippen molar-refractivity contribution in [3.63, 3.8) is 0 Å². The van der Waals surface area contributed by atoms with Gasteiger partial charge in [-0.3, -0.25) is 15.6 Å². The van der Waals surface area contributed by atoms with Crippen LogP contribution in [-0.2, 0) is 4.79 Å². The number of nitrogens with zero attached hydrogens (tertiary/aromatic N) is 1. The van der Waals surface area contributed by atoms with Gasteiger partial charge in [-0.05, 0) is 42.9 Å². The van der Waals surface area contributed by atoms with Crippen molar-refractivity contribution in [2.45, 2.75) is 64.1 Å². The Morgan fingerprint density at radius 3 is 2.77 bits per heavy atom. The van der Waals surface area contributed by atoms with E-state index in [0.717, 1.165) is 44.2 Å². The zero-order chi connectivity index (χ0) is 19.1. The number of likely N-dealkylation sites (N-methyl/N-ethyl adjacent to an activating group) is 1. The molecular formula is C20H33FN4O. The van der Waals surface area contributed by atoms with E-state index in [9.17, 15) is 9.18 Å². The molecule has 2 unspecified atom stereocenters. The fourth-order valence-electron chi connectivity index (χ4n) is 3.32. The lowest BCUT2D eigenvalue weighted by Gasteiger charge is -2.23. The first kappa shape index (κ1) is 20.8. The van der Waals surface area contributed by atoms with Crippen LogP contribution in [0.1, 0.15) is 57.6 Å². The Kier molecular flexibility index (Phi) is 8.00. The van der Waals surface area contributed by atoms with Crippen LogP contribution in [-0.4, -0.2) is 36.5 Å². The average molecular weight is 365 g/mol. The lowest BCUT2D eigenvalue weighted by molar-refractivity contribution is -0.132. The van der Waals surface area contributed by atoms with Gasteiger partial charge in [-0.25, -0.2) is 4.39 Å². The van der Waals surface area contributed by atoms with Gasteiger partial charge in [0.15, 0.2) is 0 Å². The number of hydrogen-bond acceptors (Lipinski definition) is 4. The highest BCUT2D eigenvalue weighted by Gasteiger charge is 2.25. The molecule has 1 aliphatic heterocycles. The molecule has 1 heterocycles. The summed E-state index contributed by atoms with van der Waals surface area (Å²) in [4.78, 5) is 13.9. The molecule has 4 N–H and O–H groups in total. The highest BCUT2D eigenvalue weighted by molar-refractivity contribution is 5.81. The highest BCUT2D eigenvalue weighted by Crippen LogP contribution is 2.25. The number of hydrogen-bond donors (Lipinski definition) is 3. The fourth-order valence-corrected chi connectivity index (χ4v) is 3.32. The highest BCUT2D eigenvalue weighted by atomic mass is 19.1. The van der Waals surface area contributed by atoms with Gasteiger partial charge < -0.3 is 10.6 Å². The van der Waals surface area contributed by atoms with E-state index in [-0.39, 0.29) is 23.7 Å². The van der Waals surface area contributed by atoms with E-state index in [1.807, 2.05) is 27.0 Å². The normalized spacial score (nSPS) is 21.2. The Labute approximate surface area is 156 Å². The van der Waals surface area contributed by atoms with E-state index in [2.05, 4.69) is 10.9 Å². The third-order valence-electron chi connectivity index (χ3n) is 5.16. The summed E-state index contributed by atoms with van der Waals surface area (Å²) in [5.41, 5.74) is 13.5. The van der Waals surface area contributed by atoms with Crippen LogP contribution in [0.25, 0.3) is 0 Å². The smallest absolute Gasteiger partial charge is 0.239 e. The lowest BCUT2D eigenvalue weighted by atomic mass is 9.99. The Hall–Kier alpha value is -1.50. The van der Waals surface area contributed by atoms with Gasteiger partial charge in [0.2, 0.25) is 5.91 Å². The molecule has 1 aromatic carbocycles. The maximum atomic E-state index is 13.3. The summed E-state index contributed by atoms with van der Waals surface area (Å²) in [5.74, 6) is 0.000114.